The van der Waals surface area contributed by atoms with Crippen LogP contribution in [0.2, 0.25) is 0 Å². The molecule has 0 aromatic carbocycles. The Bertz CT molecular complexity index is 498. The van der Waals surface area contributed by atoms with E-state index >= 15 is 0 Å². The van der Waals surface area contributed by atoms with Crippen LogP contribution in [0.3, 0.4) is 0 Å². The molecule has 1 N–H and O–H groups in total. The number of nitrogens with one attached hydrogen (secondary N) is 1. The lowest BCUT2D eigenvalue weighted by Crippen LogP contribution is -2.10. The van der Waals surface area contributed by atoms with E-state index in [4.69, 9.17) is 4.74 Å². The fourth-order valence-electron chi connectivity index (χ4n) is 1.50. The molecule has 0 radical (unpaired) electrons. The first-order valence-electron chi connectivity index (χ1n) is 5.81. The van der Waals surface area contributed by atoms with Crippen LogP contribution >= 0.6 is 0 Å². The second-order valence-corrected chi connectivity index (χ2v) is 3.71. The van der Waals surface area contributed by atoms with Crippen molar-refractivity contribution < 1.29 is 4.74 Å². The van der Waals surface area contributed by atoms with Gasteiger partial charge in [-0.05, 0) is 6.92 Å². The molecule has 0 saturated heterocycles. The van der Waals surface area contributed by atoms with Crippen molar-refractivity contribution in [2.45, 2.75) is 13.3 Å². The summed E-state index contributed by atoms with van der Waals surface area (Å²) in [5.74, 6) is 2.26. The molecule has 96 valence electrons. The normalized spacial score (nSPS) is 10.3. The summed E-state index contributed by atoms with van der Waals surface area (Å²) in [5.41, 5.74) is 0. The Kier molecular flexibility index (Phi) is 4.06. The minimum absolute atomic E-state index is 0.577. The van der Waals surface area contributed by atoms with Gasteiger partial charge in [-0.3, -0.25) is 0 Å². The molecular weight excluding hydrogens is 232 g/mol. The summed E-state index contributed by atoms with van der Waals surface area (Å²) in [6, 6.07) is 1.78. The van der Waals surface area contributed by atoms with E-state index in [2.05, 4.69) is 25.5 Å². The molecule has 0 atom stereocenters. The number of nitrogens with zero attached hydrogens (tertiary/aromatic N) is 5. The summed E-state index contributed by atoms with van der Waals surface area (Å²) < 4.78 is 7.20. The maximum Gasteiger partial charge on any atom is 0.218 e. The summed E-state index contributed by atoms with van der Waals surface area (Å²) in [4.78, 5) is 8.12. The van der Waals surface area contributed by atoms with Gasteiger partial charge in [-0.2, -0.15) is 0 Å². The van der Waals surface area contributed by atoms with Gasteiger partial charge in [-0.15, -0.1) is 10.2 Å². The Morgan fingerprint density at radius 2 is 2.28 bits per heavy atom. The number of anilines is 1. The summed E-state index contributed by atoms with van der Waals surface area (Å²) in [6.07, 6.45) is 3.95. The van der Waals surface area contributed by atoms with Gasteiger partial charge in [-0.25, -0.2) is 9.97 Å². The van der Waals surface area contributed by atoms with Crippen LogP contribution in [0.5, 0.6) is 5.88 Å². The van der Waals surface area contributed by atoms with E-state index in [1.807, 2.05) is 18.5 Å². The smallest absolute Gasteiger partial charge is 0.218 e. The third-order valence-electron chi connectivity index (χ3n) is 2.39. The van der Waals surface area contributed by atoms with E-state index in [1.54, 1.807) is 12.4 Å². The van der Waals surface area contributed by atoms with Gasteiger partial charge in [-0.1, -0.05) is 0 Å². The first-order valence-corrected chi connectivity index (χ1v) is 5.81. The second-order valence-electron chi connectivity index (χ2n) is 3.71. The molecule has 2 aromatic heterocycles. The summed E-state index contributed by atoms with van der Waals surface area (Å²) in [6.45, 7) is 3.24. The van der Waals surface area contributed by atoms with Crippen molar-refractivity contribution in [3.05, 3.63) is 24.5 Å². The number of hydrogen-bond donors (Lipinski definition) is 1. The molecule has 2 aromatic rings. The number of hydrogen-bond acceptors (Lipinski definition) is 6. The minimum Gasteiger partial charge on any atom is -0.478 e. The van der Waals surface area contributed by atoms with Crippen LogP contribution in [0.4, 0.5) is 5.82 Å². The predicted octanol–water partition coefficient (Wildman–Crippen LogP) is 0.658. The van der Waals surface area contributed by atoms with Crippen LogP contribution in [0.1, 0.15) is 12.7 Å². The lowest BCUT2D eigenvalue weighted by atomic mass is 10.4. The molecule has 0 bridgehead atoms. The van der Waals surface area contributed by atoms with Crippen molar-refractivity contribution in [3.63, 3.8) is 0 Å². The summed E-state index contributed by atoms with van der Waals surface area (Å²) in [5, 5.41) is 11.0. The quantitative estimate of drug-likeness (QED) is 0.809. The third-order valence-corrected chi connectivity index (χ3v) is 2.39. The van der Waals surface area contributed by atoms with Gasteiger partial charge in [0.1, 0.15) is 24.3 Å². The van der Waals surface area contributed by atoms with E-state index in [-0.39, 0.29) is 0 Å². The van der Waals surface area contributed by atoms with Gasteiger partial charge in [0.15, 0.2) is 0 Å². The molecule has 0 aliphatic heterocycles. The van der Waals surface area contributed by atoms with Crippen molar-refractivity contribution in [1.29, 1.82) is 0 Å². The van der Waals surface area contributed by atoms with Crippen molar-refractivity contribution in [2.75, 3.05) is 18.5 Å². The molecule has 0 saturated carbocycles. The van der Waals surface area contributed by atoms with Crippen LogP contribution in [0.15, 0.2) is 18.7 Å². The zero-order chi connectivity index (χ0) is 12.8. The van der Waals surface area contributed by atoms with Crippen molar-refractivity contribution in [1.82, 2.24) is 24.7 Å². The zero-order valence-corrected chi connectivity index (χ0v) is 10.5. The fourth-order valence-corrected chi connectivity index (χ4v) is 1.50. The molecule has 0 unspecified atom stereocenters. The van der Waals surface area contributed by atoms with E-state index in [9.17, 15) is 0 Å². The lowest BCUT2D eigenvalue weighted by molar-refractivity contribution is 0.326. The van der Waals surface area contributed by atoms with Crippen molar-refractivity contribution >= 4 is 5.82 Å². The predicted molar refractivity (Wildman–Crippen MR) is 66.4 cm³/mol. The van der Waals surface area contributed by atoms with Gasteiger partial charge in [0.2, 0.25) is 5.88 Å². The van der Waals surface area contributed by atoms with E-state index < -0.39 is 0 Å². The first kappa shape index (κ1) is 12.3. The maximum absolute atomic E-state index is 5.30. The molecule has 0 fully saturated rings. The van der Waals surface area contributed by atoms with Gasteiger partial charge < -0.3 is 14.6 Å². The highest BCUT2D eigenvalue weighted by Gasteiger charge is 2.02. The largest absolute Gasteiger partial charge is 0.478 e. The van der Waals surface area contributed by atoms with E-state index in [0.717, 1.165) is 24.6 Å². The average molecular weight is 248 g/mol. The third kappa shape index (κ3) is 3.16. The van der Waals surface area contributed by atoms with Crippen LogP contribution in [-0.2, 0) is 13.5 Å². The highest BCUT2D eigenvalue weighted by molar-refractivity contribution is 5.36. The number of aryl methyl sites for hydroxylation is 1. The minimum atomic E-state index is 0.577. The van der Waals surface area contributed by atoms with E-state index in [0.29, 0.717) is 12.5 Å². The van der Waals surface area contributed by atoms with Crippen LogP contribution in [0.25, 0.3) is 0 Å². The molecule has 0 aliphatic carbocycles. The lowest BCUT2D eigenvalue weighted by Gasteiger charge is -2.06. The topological polar surface area (TPSA) is 77.8 Å². The standard InChI is InChI=1S/C11H16N6O/c1-3-18-11-6-9(13-7-14-11)12-5-4-10-16-15-8-17(10)2/h6-8H,3-5H2,1-2H3,(H,12,13,14). The highest BCUT2D eigenvalue weighted by atomic mass is 16.5. The Labute approximate surface area is 105 Å². The molecule has 2 rings (SSSR count). The second kappa shape index (κ2) is 5.95. The fraction of sp³-hybridized carbons (Fsp3) is 0.455. The number of aromatic nitrogens is 5. The number of rotatable bonds is 6. The Morgan fingerprint density at radius 1 is 1.39 bits per heavy atom. The van der Waals surface area contributed by atoms with Gasteiger partial charge in [0.05, 0.1) is 6.61 Å². The van der Waals surface area contributed by atoms with E-state index in [1.165, 1.54) is 6.33 Å². The molecule has 0 spiro atoms. The van der Waals surface area contributed by atoms with Crippen LogP contribution < -0.4 is 10.1 Å². The Balaban J connectivity index is 1.86. The van der Waals surface area contributed by atoms with Gasteiger partial charge in [0, 0.05) is 26.1 Å². The molecule has 18 heavy (non-hydrogen) atoms. The SMILES string of the molecule is CCOc1cc(NCCc2nncn2C)ncn1. The molecule has 0 aliphatic rings. The molecule has 7 nitrogen and oxygen atoms in total. The molecular formula is C11H16N6O. The Hall–Kier alpha value is -2.18. The average Bonchev–Trinajstić information content (AvgIpc) is 2.76. The summed E-state index contributed by atoms with van der Waals surface area (Å²) in [7, 11) is 1.92. The van der Waals surface area contributed by atoms with Crippen molar-refractivity contribution in [3.8, 4) is 5.88 Å². The zero-order valence-electron chi connectivity index (χ0n) is 10.5. The monoisotopic (exact) mass is 248 g/mol. The van der Waals surface area contributed by atoms with Crippen LogP contribution in [0, 0.1) is 0 Å². The molecule has 2 heterocycles. The highest BCUT2D eigenvalue weighted by Crippen LogP contribution is 2.10. The van der Waals surface area contributed by atoms with Crippen molar-refractivity contribution in [2.24, 2.45) is 7.05 Å². The molecule has 7 heteroatoms. The molecule has 0 amide bonds. The Morgan fingerprint density at radius 3 is 3.00 bits per heavy atom. The number of ether oxygens (including phenoxy) is 1. The van der Waals surface area contributed by atoms with Crippen LogP contribution in [-0.4, -0.2) is 37.9 Å². The maximum atomic E-state index is 5.30. The van der Waals surface area contributed by atoms with Gasteiger partial charge in [0.25, 0.3) is 0 Å². The first-order chi connectivity index (χ1) is 8.79. The summed E-state index contributed by atoms with van der Waals surface area (Å²) >= 11 is 0. The van der Waals surface area contributed by atoms with Gasteiger partial charge >= 0.3 is 0 Å².